The lowest BCUT2D eigenvalue weighted by Crippen LogP contribution is -2.67. The van der Waals surface area contributed by atoms with Gasteiger partial charge in [-0.25, -0.2) is 0 Å². The number of ether oxygens (including phenoxy) is 1. The van der Waals surface area contributed by atoms with Crippen molar-refractivity contribution < 1.29 is 43.1 Å². The van der Waals surface area contributed by atoms with E-state index < -0.39 is 89.4 Å². The van der Waals surface area contributed by atoms with E-state index in [0.717, 1.165) is 16.5 Å². The third-order valence-corrected chi connectivity index (χ3v) is 13.5. The van der Waals surface area contributed by atoms with Crippen molar-refractivity contribution in [2.75, 3.05) is 20.2 Å². The minimum absolute atomic E-state index is 0.0254. The van der Waals surface area contributed by atoms with E-state index in [4.69, 9.17) is 21.9 Å². The Labute approximate surface area is 430 Å². The summed E-state index contributed by atoms with van der Waals surface area (Å²) in [5, 5.41) is 20.5. The Balaban J connectivity index is 1.42. The number of nitrogens with one attached hydrogen (secondary N) is 8. The minimum Gasteiger partial charge on any atom is -0.496 e. The number of methoxy groups -OCH3 is 1. The highest BCUT2D eigenvalue weighted by Crippen LogP contribution is 2.35. The summed E-state index contributed by atoms with van der Waals surface area (Å²) in [6.45, 7) is 2.10. The fraction of sp³-hybridized carbons (Fsp3) is 0.453. The van der Waals surface area contributed by atoms with Crippen LogP contribution in [0.3, 0.4) is 0 Å². The second kappa shape index (κ2) is 26.6. The first-order valence-electron chi connectivity index (χ1n) is 25.3. The first kappa shape index (κ1) is 55.3. The molecule has 3 aromatic carbocycles. The molecule has 1 spiro atoms. The third kappa shape index (κ3) is 15.3. The standard InChI is InChI=1S/C53H70N12O9/c1-3-4-22-44(66)60-42-29-45(67)57-25-11-10-19-38(46(54)68)61-49(71)41(28-34-31-59-37-18-9-8-17-35(34)37)63-47(69)39(20-13-26-58-52(55)56)62-48(70)40(27-32-14-6-5-7-15-32)64-51(73)53(65-50(42)72)24-23-36-33(30-53)16-12-21-43(36)74-2/h5-9,12,14-18,21,31,38-42,59H,3-4,10-11,13,19-20,22-30H2,1-2H3,(H2,54,68)(H,57,67)(H,60,66)(H,61,71)(H,62,70)(H,63,69)(H,64,73)(H,65,72)(H4,55,56,58)/t38-,39-,40+,41-,42-,53?/m0/s1. The smallest absolute Gasteiger partial charge is 0.246 e. The summed E-state index contributed by atoms with van der Waals surface area (Å²) in [7, 11) is 1.54. The summed E-state index contributed by atoms with van der Waals surface area (Å²) < 4.78 is 5.66. The molecule has 396 valence electrons. The lowest BCUT2D eigenvalue weighted by atomic mass is 9.76. The van der Waals surface area contributed by atoms with Crippen LogP contribution in [-0.4, -0.2) is 114 Å². The molecule has 21 heteroatoms. The van der Waals surface area contributed by atoms with Crippen LogP contribution in [-0.2, 0) is 64.0 Å². The second-order valence-corrected chi connectivity index (χ2v) is 18.9. The molecule has 74 heavy (non-hydrogen) atoms. The van der Waals surface area contributed by atoms with Gasteiger partial charge in [0.2, 0.25) is 47.3 Å². The number of benzene rings is 3. The van der Waals surface area contributed by atoms with Crippen LogP contribution in [0.2, 0.25) is 0 Å². The molecule has 8 amide bonds. The van der Waals surface area contributed by atoms with E-state index >= 15 is 4.79 Å². The predicted octanol–water partition coefficient (Wildman–Crippen LogP) is 0.849. The highest BCUT2D eigenvalue weighted by atomic mass is 16.5. The maximum absolute atomic E-state index is 15.3. The molecule has 1 unspecified atom stereocenters. The molecule has 0 saturated carbocycles. The van der Waals surface area contributed by atoms with Gasteiger partial charge in [-0.1, -0.05) is 74.0 Å². The Bertz CT molecular complexity index is 2670. The van der Waals surface area contributed by atoms with Crippen molar-refractivity contribution >= 4 is 64.1 Å². The number of rotatable bonds is 14. The number of carbonyl (C=O) groups excluding carboxylic acids is 8. The predicted molar refractivity (Wildman–Crippen MR) is 278 cm³/mol. The molecule has 14 N–H and O–H groups in total. The van der Waals surface area contributed by atoms with Gasteiger partial charge in [0.1, 0.15) is 41.5 Å². The van der Waals surface area contributed by atoms with Crippen LogP contribution in [0.5, 0.6) is 5.75 Å². The number of fused-ring (bicyclic) bond motifs is 2. The van der Waals surface area contributed by atoms with Crippen LogP contribution in [0, 0.1) is 0 Å². The van der Waals surface area contributed by atoms with Gasteiger partial charge in [-0.2, -0.15) is 0 Å². The number of hydrogen-bond donors (Lipinski definition) is 11. The number of amides is 8. The zero-order valence-electron chi connectivity index (χ0n) is 42.1. The van der Waals surface area contributed by atoms with Crippen molar-refractivity contribution in [3.63, 3.8) is 0 Å². The summed E-state index contributed by atoms with van der Waals surface area (Å²) in [5.74, 6) is -5.23. The summed E-state index contributed by atoms with van der Waals surface area (Å²) in [4.78, 5) is 121. The quantitative estimate of drug-likeness (QED) is 0.0478. The Kier molecular flexibility index (Phi) is 19.9. The van der Waals surface area contributed by atoms with Gasteiger partial charge in [0, 0.05) is 55.9 Å². The normalized spacial score (nSPS) is 22.6. The Morgan fingerprint density at radius 3 is 2.26 bits per heavy atom. The van der Waals surface area contributed by atoms with Crippen molar-refractivity contribution in [1.82, 2.24) is 42.2 Å². The molecule has 6 rings (SSSR count). The van der Waals surface area contributed by atoms with Crippen molar-refractivity contribution in [1.29, 1.82) is 0 Å². The van der Waals surface area contributed by atoms with Gasteiger partial charge in [-0.3, -0.25) is 43.3 Å². The summed E-state index contributed by atoms with van der Waals surface area (Å²) in [5.41, 5.74) is 18.9. The van der Waals surface area contributed by atoms with Gasteiger partial charge in [0.25, 0.3) is 0 Å². The van der Waals surface area contributed by atoms with Crippen LogP contribution in [0.25, 0.3) is 10.9 Å². The summed E-state index contributed by atoms with van der Waals surface area (Å²) >= 11 is 0. The number of nitrogens with two attached hydrogens (primary N) is 3. The highest BCUT2D eigenvalue weighted by Gasteiger charge is 2.46. The number of primary amides is 1. The van der Waals surface area contributed by atoms with E-state index in [1.54, 1.807) is 48.7 Å². The van der Waals surface area contributed by atoms with E-state index in [9.17, 15) is 33.6 Å². The molecule has 1 aromatic heterocycles. The number of aliphatic imine (C=N–C) groups is 1. The Morgan fingerprint density at radius 2 is 1.51 bits per heavy atom. The van der Waals surface area contributed by atoms with Crippen LogP contribution in [0.4, 0.5) is 0 Å². The minimum atomic E-state index is -1.74. The summed E-state index contributed by atoms with van der Waals surface area (Å²) in [6.07, 6.45) is 3.58. The van der Waals surface area contributed by atoms with Crippen LogP contribution >= 0.6 is 0 Å². The Morgan fingerprint density at radius 1 is 0.797 bits per heavy atom. The van der Waals surface area contributed by atoms with Gasteiger partial charge in [-0.05, 0) is 85.8 Å². The third-order valence-electron chi connectivity index (χ3n) is 13.5. The van der Waals surface area contributed by atoms with Crippen LogP contribution in [0.15, 0.2) is 84.0 Å². The highest BCUT2D eigenvalue weighted by molar-refractivity contribution is 6.00. The number of hydrogen-bond acceptors (Lipinski definition) is 10. The van der Waals surface area contributed by atoms with Crippen molar-refractivity contribution in [2.24, 2.45) is 22.2 Å². The zero-order chi connectivity index (χ0) is 53.2. The fourth-order valence-electron chi connectivity index (χ4n) is 9.42. The lowest BCUT2D eigenvalue weighted by molar-refractivity contribution is -0.139. The molecule has 1 saturated heterocycles. The van der Waals surface area contributed by atoms with E-state index in [2.05, 4.69) is 47.2 Å². The SMILES string of the molecule is CCCCC(=O)N[C@H]1CC(=O)NCCCC[C@@H](C(N)=O)NC(=O)[C@H](Cc2c[nH]c3ccccc23)NC(=O)[C@H](CCCN=C(N)N)NC(=O)[C@@H](Cc2ccccc2)NC(=O)C2(CCc3c(cccc3OC)C2)NC1=O. The maximum atomic E-state index is 15.3. The van der Waals surface area contributed by atoms with Crippen molar-refractivity contribution in [3.05, 3.63) is 101 Å². The average Bonchev–Trinajstić information content (AvgIpc) is 3.79. The van der Waals surface area contributed by atoms with Crippen LogP contribution in [0.1, 0.15) is 93.4 Å². The molecule has 21 nitrogen and oxygen atoms in total. The number of aromatic nitrogens is 1. The van der Waals surface area contributed by atoms with Gasteiger partial charge in [0.05, 0.1) is 13.5 Å². The number of aromatic amines is 1. The van der Waals surface area contributed by atoms with E-state index in [-0.39, 0.29) is 76.8 Å². The lowest BCUT2D eigenvalue weighted by Gasteiger charge is -2.39. The monoisotopic (exact) mass is 1020 g/mol. The molecule has 1 fully saturated rings. The van der Waals surface area contributed by atoms with E-state index in [1.165, 1.54) is 7.11 Å². The zero-order valence-corrected chi connectivity index (χ0v) is 42.1. The molecule has 1 aliphatic carbocycles. The fourth-order valence-corrected chi connectivity index (χ4v) is 9.42. The van der Waals surface area contributed by atoms with Crippen molar-refractivity contribution in [2.45, 2.75) is 133 Å². The molecule has 4 aromatic rings. The number of unbranched alkanes of at least 4 members (excludes halogenated alkanes) is 1. The van der Waals surface area contributed by atoms with Gasteiger partial charge >= 0.3 is 0 Å². The molecular weight excluding hydrogens is 949 g/mol. The molecule has 2 aliphatic rings. The molecule has 1 aliphatic heterocycles. The number of para-hydroxylation sites is 1. The van der Waals surface area contributed by atoms with Gasteiger partial charge < -0.3 is 64.1 Å². The topological polar surface area (TPSA) is 336 Å². The van der Waals surface area contributed by atoms with Crippen molar-refractivity contribution in [3.8, 4) is 5.75 Å². The van der Waals surface area contributed by atoms with Crippen LogP contribution < -0.4 is 59.2 Å². The van der Waals surface area contributed by atoms with Gasteiger partial charge in [0.15, 0.2) is 5.96 Å². The molecular formula is C53H70N12O9. The van der Waals surface area contributed by atoms with Gasteiger partial charge in [-0.15, -0.1) is 0 Å². The number of guanidine groups is 1. The largest absolute Gasteiger partial charge is 0.496 e. The molecule has 0 radical (unpaired) electrons. The Hall–Kier alpha value is -7.97. The summed E-state index contributed by atoms with van der Waals surface area (Å²) in [6, 6.07) is 15.1. The van der Waals surface area contributed by atoms with E-state index in [1.807, 2.05) is 37.3 Å². The number of carbonyl (C=O) groups is 8. The molecule has 2 heterocycles. The number of H-pyrrole nitrogens is 1. The average molecular weight is 1020 g/mol. The molecule has 6 atom stereocenters. The first-order valence-corrected chi connectivity index (χ1v) is 25.3. The van der Waals surface area contributed by atoms with E-state index in [0.29, 0.717) is 48.1 Å². The number of nitrogens with zero attached hydrogens (tertiary/aromatic N) is 1. The maximum Gasteiger partial charge on any atom is 0.246 e. The first-order chi connectivity index (χ1) is 35.6. The molecule has 0 bridgehead atoms. The second-order valence-electron chi connectivity index (χ2n) is 18.9.